The maximum absolute atomic E-state index is 6.00. The second-order valence-corrected chi connectivity index (χ2v) is 12.0. The van der Waals surface area contributed by atoms with Gasteiger partial charge in [0.05, 0.1) is 45.1 Å². The molecule has 2 aromatic rings. The lowest BCUT2D eigenvalue weighted by atomic mass is 9.93. The summed E-state index contributed by atoms with van der Waals surface area (Å²) in [5.74, 6) is 0.993. The lowest BCUT2D eigenvalue weighted by Gasteiger charge is -2.41. The zero-order chi connectivity index (χ0) is 24.7. The van der Waals surface area contributed by atoms with E-state index in [1.165, 1.54) is 22.3 Å². The summed E-state index contributed by atoms with van der Waals surface area (Å²) < 4.78 is 35.9. The van der Waals surface area contributed by atoms with Crippen LogP contribution >= 0.6 is 17.2 Å². The van der Waals surface area contributed by atoms with Gasteiger partial charge in [0.15, 0.2) is 0 Å². The van der Waals surface area contributed by atoms with Crippen molar-refractivity contribution >= 4 is 17.2 Å². The molecule has 192 valence electrons. The molecule has 2 unspecified atom stereocenters. The second-order valence-electron chi connectivity index (χ2n) is 9.60. The minimum absolute atomic E-state index is 0.312. The molecular formula is C27H38O6P2. The van der Waals surface area contributed by atoms with Crippen molar-refractivity contribution in [2.75, 3.05) is 26.4 Å². The zero-order valence-corrected chi connectivity index (χ0v) is 23.1. The van der Waals surface area contributed by atoms with Gasteiger partial charge in [0.1, 0.15) is 0 Å². The molecule has 2 aliphatic rings. The highest BCUT2D eigenvalue weighted by Gasteiger charge is 2.44. The van der Waals surface area contributed by atoms with Gasteiger partial charge < -0.3 is 27.1 Å². The molecule has 35 heavy (non-hydrogen) atoms. The standard InChI is InChI=1S/C27H38O6P2/c1-5-21(3)25-13-9-7-11-23(25)15-28-34-30-17-27(18-31-34)19-32-35(33-20-27)29-16-24-12-8-10-14-26(24)22(4)6-2/h7-14,21-22H,5-6,15-20H2,1-4H3. The van der Waals surface area contributed by atoms with Crippen molar-refractivity contribution in [2.45, 2.75) is 65.6 Å². The molecule has 4 rings (SSSR count). The fourth-order valence-corrected chi connectivity index (χ4v) is 6.66. The molecule has 0 aromatic heterocycles. The van der Waals surface area contributed by atoms with Gasteiger partial charge in [0.25, 0.3) is 0 Å². The fraction of sp³-hybridized carbons (Fsp3) is 0.556. The topological polar surface area (TPSA) is 55.4 Å². The van der Waals surface area contributed by atoms with Gasteiger partial charge in [-0.2, -0.15) is 0 Å². The molecular weight excluding hydrogens is 482 g/mol. The van der Waals surface area contributed by atoms with Crippen LogP contribution in [0.3, 0.4) is 0 Å². The van der Waals surface area contributed by atoms with Crippen molar-refractivity contribution < 1.29 is 27.1 Å². The fourth-order valence-electron chi connectivity index (χ4n) is 4.21. The molecule has 2 atom stereocenters. The van der Waals surface area contributed by atoms with E-state index in [1.807, 2.05) is 0 Å². The van der Waals surface area contributed by atoms with Crippen LogP contribution in [0.1, 0.15) is 74.6 Å². The van der Waals surface area contributed by atoms with Crippen LogP contribution < -0.4 is 0 Å². The Kier molecular flexibility index (Phi) is 10.1. The Hall–Kier alpha value is -0.940. The zero-order valence-electron chi connectivity index (χ0n) is 21.3. The number of hydrogen-bond donors (Lipinski definition) is 0. The first-order chi connectivity index (χ1) is 17.0. The molecule has 0 saturated carbocycles. The molecule has 2 aromatic carbocycles. The maximum Gasteiger partial charge on any atom is 0.333 e. The number of hydrogen-bond acceptors (Lipinski definition) is 6. The second kappa shape index (κ2) is 13.0. The van der Waals surface area contributed by atoms with E-state index in [0.717, 1.165) is 12.8 Å². The van der Waals surface area contributed by atoms with E-state index in [1.54, 1.807) is 0 Å². The highest BCUT2D eigenvalue weighted by atomic mass is 31.2. The van der Waals surface area contributed by atoms with Crippen LogP contribution in [0.4, 0.5) is 0 Å². The van der Waals surface area contributed by atoms with Gasteiger partial charge in [-0.15, -0.1) is 0 Å². The van der Waals surface area contributed by atoms with E-state index < -0.39 is 17.2 Å². The van der Waals surface area contributed by atoms with Gasteiger partial charge in [-0.05, 0) is 46.9 Å². The minimum Gasteiger partial charge on any atom is -0.311 e. The predicted octanol–water partition coefficient (Wildman–Crippen LogP) is 7.98. The molecule has 0 amide bonds. The molecule has 6 nitrogen and oxygen atoms in total. The largest absolute Gasteiger partial charge is 0.333 e. The van der Waals surface area contributed by atoms with Gasteiger partial charge in [-0.3, -0.25) is 0 Å². The molecule has 8 heteroatoms. The summed E-state index contributed by atoms with van der Waals surface area (Å²) >= 11 is 0. The van der Waals surface area contributed by atoms with Crippen LogP contribution in [-0.2, 0) is 40.4 Å². The van der Waals surface area contributed by atoms with E-state index in [2.05, 4.69) is 76.2 Å². The predicted molar refractivity (Wildman–Crippen MR) is 140 cm³/mol. The lowest BCUT2D eigenvalue weighted by molar-refractivity contribution is -0.0772. The van der Waals surface area contributed by atoms with Gasteiger partial charge in [0.2, 0.25) is 0 Å². The SMILES string of the molecule is CCC(C)c1ccccc1COP1OCC2(CO1)COP(OCc1ccccc1C(C)CC)OC2. The first-order valence-corrected chi connectivity index (χ1v) is 14.8. The normalized spacial score (nSPS) is 26.5. The molecule has 0 aliphatic carbocycles. The van der Waals surface area contributed by atoms with Gasteiger partial charge >= 0.3 is 17.2 Å². The summed E-state index contributed by atoms with van der Waals surface area (Å²) in [4.78, 5) is 0. The summed E-state index contributed by atoms with van der Waals surface area (Å²) in [6.07, 6.45) is 2.19. The van der Waals surface area contributed by atoms with Crippen LogP contribution in [0.15, 0.2) is 48.5 Å². The quantitative estimate of drug-likeness (QED) is 0.296. The summed E-state index contributed by atoms with van der Waals surface area (Å²) in [5, 5.41) is 0. The molecule has 2 saturated heterocycles. The third-order valence-corrected chi connectivity index (χ3v) is 8.99. The first kappa shape index (κ1) is 27.1. The van der Waals surface area contributed by atoms with Gasteiger partial charge in [-0.25, -0.2) is 0 Å². The monoisotopic (exact) mass is 520 g/mol. The highest BCUT2D eigenvalue weighted by molar-refractivity contribution is 7.42. The van der Waals surface area contributed by atoms with Crippen LogP contribution in [-0.4, -0.2) is 26.4 Å². The van der Waals surface area contributed by atoms with Crippen LogP contribution in [0, 0.1) is 5.41 Å². The van der Waals surface area contributed by atoms with Crippen LogP contribution in [0.2, 0.25) is 0 Å². The molecule has 2 fully saturated rings. The smallest absolute Gasteiger partial charge is 0.311 e. The van der Waals surface area contributed by atoms with E-state index >= 15 is 0 Å². The van der Waals surface area contributed by atoms with Crippen molar-refractivity contribution in [1.29, 1.82) is 0 Å². The van der Waals surface area contributed by atoms with E-state index in [0.29, 0.717) is 51.5 Å². The molecule has 2 aliphatic heterocycles. The number of benzene rings is 2. The average molecular weight is 521 g/mol. The molecule has 0 bridgehead atoms. The molecule has 1 spiro atoms. The van der Waals surface area contributed by atoms with E-state index in [-0.39, 0.29) is 5.41 Å². The Morgan fingerprint density at radius 1 is 0.686 bits per heavy atom. The Morgan fingerprint density at radius 3 is 1.43 bits per heavy atom. The van der Waals surface area contributed by atoms with Crippen LogP contribution in [0.5, 0.6) is 0 Å². The Morgan fingerprint density at radius 2 is 1.06 bits per heavy atom. The molecule has 0 N–H and O–H groups in total. The van der Waals surface area contributed by atoms with Crippen LogP contribution in [0.25, 0.3) is 0 Å². The lowest BCUT2D eigenvalue weighted by Crippen LogP contribution is -2.44. The third kappa shape index (κ3) is 7.09. The summed E-state index contributed by atoms with van der Waals surface area (Å²) in [5.41, 5.74) is 4.73. The molecule has 2 heterocycles. The molecule has 0 radical (unpaired) electrons. The number of rotatable bonds is 10. The van der Waals surface area contributed by atoms with Crippen molar-refractivity contribution in [2.24, 2.45) is 5.41 Å². The Labute approximate surface area is 212 Å². The average Bonchev–Trinajstić information content (AvgIpc) is 2.92. The highest BCUT2D eigenvalue weighted by Crippen LogP contribution is 2.53. The summed E-state index contributed by atoms with van der Waals surface area (Å²) in [6, 6.07) is 16.9. The van der Waals surface area contributed by atoms with E-state index in [4.69, 9.17) is 27.1 Å². The summed E-state index contributed by atoms with van der Waals surface area (Å²) in [7, 11) is -2.76. The van der Waals surface area contributed by atoms with Crippen molar-refractivity contribution in [3.05, 3.63) is 70.8 Å². The van der Waals surface area contributed by atoms with Gasteiger partial charge in [0, 0.05) is 0 Å². The Balaban J connectivity index is 1.21. The minimum atomic E-state index is -1.38. The maximum atomic E-state index is 6.00. The summed E-state index contributed by atoms with van der Waals surface area (Å²) in [6.45, 7) is 11.8. The van der Waals surface area contributed by atoms with Crippen molar-refractivity contribution in [3.8, 4) is 0 Å². The first-order valence-electron chi connectivity index (χ1n) is 12.6. The van der Waals surface area contributed by atoms with Crippen molar-refractivity contribution in [1.82, 2.24) is 0 Å². The van der Waals surface area contributed by atoms with E-state index in [9.17, 15) is 0 Å². The van der Waals surface area contributed by atoms with Gasteiger partial charge in [-0.1, -0.05) is 76.2 Å². The third-order valence-electron chi connectivity index (χ3n) is 6.95. The van der Waals surface area contributed by atoms with Crippen molar-refractivity contribution in [3.63, 3.8) is 0 Å². The Bertz CT molecular complexity index is 846.